The summed E-state index contributed by atoms with van der Waals surface area (Å²) in [7, 11) is 1.69. The summed E-state index contributed by atoms with van der Waals surface area (Å²) in [5, 5.41) is 3.18. The third-order valence-corrected chi connectivity index (χ3v) is 4.56. The van der Waals surface area contributed by atoms with Crippen LogP contribution in [0.2, 0.25) is 0 Å². The topological polar surface area (TPSA) is 72.1 Å². The first kappa shape index (κ1) is 19.9. The van der Waals surface area contributed by atoms with Gasteiger partial charge < -0.3 is 20.5 Å². The fourth-order valence-corrected chi connectivity index (χ4v) is 3.34. The fraction of sp³-hybridized carbons (Fsp3) is 0.933. The van der Waals surface area contributed by atoms with Crippen molar-refractivity contribution in [2.75, 3.05) is 46.6 Å². The van der Waals surface area contributed by atoms with Crippen LogP contribution >= 0.6 is 24.0 Å². The lowest BCUT2D eigenvalue weighted by Gasteiger charge is -2.43. The van der Waals surface area contributed by atoms with E-state index in [1.807, 2.05) is 6.92 Å². The van der Waals surface area contributed by atoms with E-state index in [1.54, 1.807) is 7.11 Å². The van der Waals surface area contributed by atoms with Crippen LogP contribution in [0, 0.1) is 0 Å². The molecule has 0 bridgehead atoms. The van der Waals surface area contributed by atoms with Crippen LogP contribution in [0.5, 0.6) is 0 Å². The van der Waals surface area contributed by atoms with E-state index in [9.17, 15) is 0 Å². The van der Waals surface area contributed by atoms with E-state index in [-0.39, 0.29) is 35.6 Å². The molecule has 2 fully saturated rings. The highest BCUT2D eigenvalue weighted by Crippen LogP contribution is 2.31. The minimum atomic E-state index is 0. The summed E-state index contributed by atoms with van der Waals surface area (Å²) in [4.78, 5) is 7.22. The van der Waals surface area contributed by atoms with Gasteiger partial charge in [-0.1, -0.05) is 0 Å². The number of nitrogens with one attached hydrogen (secondary N) is 1. The Labute approximate surface area is 151 Å². The molecule has 22 heavy (non-hydrogen) atoms. The molecule has 2 heterocycles. The van der Waals surface area contributed by atoms with Crippen molar-refractivity contribution in [3.05, 3.63) is 0 Å². The summed E-state index contributed by atoms with van der Waals surface area (Å²) in [5.74, 6) is 0.518. The first-order valence-electron chi connectivity index (χ1n) is 8.04. The molecule has 1 unspecified atom stereocenters. The molecule has 0 aromatic carbocycles. The zero-order valence-electron chi connectivity index (χ0n) is 13.8. The Morgan fingerprint density at radius 2 is 2.00 bits per heavy atom. The molecule has 130 valence electrons. The van der Waals surface area contributed by atoms with Crippen molar-refractivity contribution in [2.24, 2.45) is 10.7 Å². The SMILES string of the molecule is COCC(C)NC(N)=NCC1(N2CCCC2)CCOCC1.I. The Kier molecular flexibility index (Phi) is 8.96. The summed E-state index contributed by atoms with van der Waals surface area (Å²) in [6.07, 6.45) is 4.70. The Morgan fingerprint density at radius 1 is 1.36 bits per heavy atom. The average Bonchev–Trinajstić information content (AvgIpc) is 3.01. The minimum absolute atomic E-state index is 0. The molecule has 0 aliphatic carbocycles. The van der Waals surface area contributed by atoms with E-state index in [2.05, 4.69) is 15.2 Å². The summed E-state index contributed by atoms with van der Waals surface area (Å²) in [6, 6.07) is 0.177. The third kappa shape index (κ3) is 5.50. The molecule has 1 atom stereocenters. The molecule has 3 N–H and O–H groups in total. The van der Waals surface area contributed by atoms with Gasteiger partial charge in [-0.3, -0.25) is 9.89 Å². The van der Waals surface area contributed by atoms with Crippen LogP contribution in [0.1, 0.15) is 32.6 Å². The number of nitrogens with two attached hydrogens (primary N) is 1. The molecule has 0 aromatic heterocycles. The molecule has 0 amide bonds. The smallest absolute Gasteiger partial charge is 0.188 e. The monoisotopic (exact) mass is 426 g/mol. The Bertz CT molecular complexity index is 342. The number of aliphatic imine (C=N–C) groups is 1. The van der Waals surface area contributed by atoms with E-state index in [1.165, 1.54) is 25.9 Å². The van der Waals surface area contributed by atoms with Gasteiger partial charge in [0.15, 0.2) is 5.96 Å². The third-order valence-electron chi connectivity index (χ3n) is 4.56. The first-order valence-corrected chi connectivity index (χ1v) is 8.04. The van der Waals surface area contributed by atoms with Gasteiger partial charge in [0.2, 0.25) is 0 Å². The number of likely N-dealkylation sites (tertiary alicyclic amines) is 1. The van der Waals surface area contributed by atoms with Crippen LogP contribution < -0.4 is 11.1 Å². The number of nitrogens with zero attached hydrogens (tertiary/aromatic N) is 2. The van der Waals surface area contributed by atoms with Gasteiger partial charge in [-0.15, -0.1) is 24.0 Å². The van der Waals surface area contributed by atoms with Crippen LogP contribution in [0.3, 0.4) is 0 Å². The van der Waals surface area contributed by atoms with Gasteiger partial charge in [-0.2, -0.15) is 0 Å². The molecule has 2 saturated heterocycles. The van der Waals surface area contributed by atoms with E-state index in [0.717, 1.165) is 32.6 Å². The quantitative estimate of drug-likeness (QED) is 0.379. The van der Waals surface area contributed by atoms with Crippen LogP contribution in [-0.4, -0.2) is 69.0 Å². The highest BCUT2D eigenvalue weighted by molar-refractivity contribution is 14.0. The maximum Gasteiger partial charge on any atom is 0.188 e. The van der Waals surface area contributed by atoms with E-state index < -0.39 is 0 Å². The summed E-state index contributed by atoms with van der Waals surface area (Å²) >= 11 is 0. The van der Waals surface area contributed by atoms with Crippen molar-refractivity contribution >= 4 is 29.9 Å². The van der Waals surface area contributed by atoms with Crippen molar-refractivity contribution < 1.29 is 9.47 Å². The number of hydrogen-bond donors (Lipinski definition) is 2. The lowest BCUT2D eigenvalue weighted by atomic mass is 9.88. The van der Waals surface area contributed by atoms with Gasteiger partial charge in [-0.05, 0) is 45.7 Å². The second kappa shape index (κ2) is 9.89. The fourth-order valence-electron chi connectivity index (χ4n) is 3.34. The number of ether oxygens (including phenoxy) is 2. The molecule has 7 heteroatoms. The molecular weight excluding hydrogens is 395 g/mol. The van der Waals surface area contributed by atoms with E-state index in [4.69, 9.17) is 15.2 Å². The lowest BCUT2D eigenvalue weighted by molar-refractivity contribution is -0.0138. The summed E-state index contributed by atoms with van der Waals surface area (Å²) in [5.41, 5.74) is 6.16. The number of rotatable bonds is 6. The Balaban J connectivity index is 0.00000242. The van der Waals surface area contributed by atoms with Crippen LogP contribution in [0.25, 0.3) is 0 Å². The molecule has 2 aliphatic heterocycles. The minimum Gasteiger partial charge on any atom is -0.383 e. The van der Waals surface area contributed by atoms with Gasteiger partial charge in [0.05, 0.1) is 13.2 Å². The molecule has 0 radical (unpaired) electrons. The van der Waals surface area contributed by atoms with Gasteiger partial charge >= 0.3 is 0 Å². The van der Waals surface area contributed by atoms with Gasteiger partial charge in [-0.25, -0.2) is 0 Å². The Morgan fingerprint density at radius 3 is 2.59 bits per heavy atom. The molecule has 6 nitrogen and oxygen atoms in total. The predicted octanol–water partition coefficient (Wildman–Crippen LogP) is 1.19. The van der Waals surface area contributed by atoms with Crippen molar-refractivity contribution in [1.29, 1.82) is 0 Å². The number of hydrogen-bond acceptors (Lipinski definition) is 4. The highest BCUT2D eigenvalue weighted by atomic mass is 127. The normalized spacial score (nSPS) is 23.8. The van der Waals surface area contributed by atoms with Crippen molar-refractivity contribution in [3.63, 3.8) is 0 Å². The standard InChI is InChI=1S/C15H30N4O2.HI/c1-13(11-20-2)18-14(16)17-12-15(5-9-21-10-6-15)19-7-3-4-8-19;/h13H,3-12H2,1-2H3,(H3,16,17,18);1H. The molecule has 0 spiro atoms. The number of halogens is 1. The summed E-state index contributed by atoms with van der Waals surface area (Å²) < 4.78 is 10.7. The zero-order valence-corrected chi connectivity index (χ0v) is 16.2. The largest absolute Gasteiger partial charge is 0.383 e. The predicted molar refractivity (Wildman–Crippen MR) is 100.0 cm³/mol. The summed E-state index contributed by atoms with van der Waals surface area (Å²) in [6.45, 7) is 7.46. The van der Waals surface area contributed by atoms with Gasteiger partial charge in [0, 0.05) is 31.9 Å². The maximum atomic E-state index is 6.01. The molecule has 0 saturated carbocycles. The van der Waals surface area contributed by atoms with E-state index in [0.29, 0.717) is 12.6 Å². The molecular formula is C15H31IN4O2. The van der Waals surface area contributed by atoms with Gasteiger partial charge in [0.25, 0.3) is 0 Å². The zero-order chi connectivity index (χ0) is 15.1. The van der Waals surface area contributed by atoms with Crippen LogP contribution in [0.15, 0.2) is 4.99 Å². The average molecular weight is 426 g/mol. The molecule has 0 aromatic rings. The second-order valence-electron chi connectivity index (χ2n) is 6.23. The van der Waals surface area contributed by atoms with Crippen molar-refractivity contribution in [3.8, 4) is 0 Å². The van der Waals surface area contributed by atoms with Gasteiger partial charge in [0.1, 0.15) is 0 Å². The highest BCUT2D eigenvalue weighted by Gasteiger charge is 2.39. The number of methoxy groups -OCH3 is 1. The van der Waals surface area contributed by atoms with E-state index >= 15 is 0 Å². The van der Waals surface area contributed by atoms with Crippen LogP contribution in [-0.2, 0) is 9.47 Å². The van der Waals surface area contributed by atoms with Crippen molar-refractivity contribution in [1.82, 2.24) is 10.2 Å². The first-order chi connectivity index (χ1) is 10.2. The number of guanidine groups is 1. The lowest BCUT2D eigenvalue weighted by Crippen LogP contribution is -2.54. The van der Waals surface area contributed by atoms with Crippen LogP contribution in [0.4, 0.5) is 0 Å². The van der Waals surface area contributed by atoms with Crippen molar-refractivity contribution in [2.45, 2.75) is 44.2 Å². The Hall–Kier alpha value is -0.120. The molecule has 2 rings (SSSR count). The maximum absolute atomic E-state index is 6.01. The second-order valence-corrected chi connectivity index (χ2v) is 6.23. The molecule has 2 aliphatic rings.